The third-order valence-electron chi connectivity index (χ3n) is 0.921. The van der Waals surface area contributed by atoms with Gasteiger partial charge in [0.1, 0.15) is 0 Å². The lowest BCUT2D eigenvalue weighted by Gasteiger charge is -2.01. The Hall–Kier alpha value is -0.0831. The summed E-state index contributed by atoms with van der Waals surface area (Å²) in [6, 6.07) is 0. The smallest absolute Gasteiger partial charge is 0.171 e. The van der Waals surface area contributed by atoms with E-state index in [0.29, 0.717) is 0 Å². The molecular weight excluding hydrogens is 128 g/mol. The summed E-state index contributed by atoms with van der Waals surface area (Å²) in [6.07, 6.45) is 2.12. The van der Waals surface area contributed by atoms with Crippen molar-refractivity contribution in [1.29, 1.82) is 0 Å². The van der Waals surface area contributed by atoms with Gasteiger partial charge in [0.15, 0.2) is 9.04 Å². The van der Waals surface area contributed by atoms with Gasteiger partial charge in [-0.2, -0.15) is 0 Å². The van der Waals surface area contributed by atoms with Gasteiger partial charge in [-0.25, -0.2) is 0 Å². The zero-order valence-electron chi connectivity index (χ0n) is 6.77. The van der Waals surface area contributed by atoms with Gasteiger partial charge in [0, 0.05) is 0 Å². The normalized spacial score (nSPS) is 9.89. The van der Waals surface area contributed by atoms with Crippen LogP contribution in [0.5, 0.6) is 0 Å². The topological polar surface area (TPSA) is 9.23 Å². The molecule has 9 heavy (non-hydrogen) atoms. The molecule has 0 radical (unpaired) electrons. The Morgan fingerprint density at radius 3 is 2.33 bits per heavy atom. The van der Waals surface area contributed by atoms with Gasteiger partial charge < -0.3 is 4.43 Å². The molecule has 0 bridgehead atoms. The summed E-state index contributed by atoms with van der Waals surface area (Å²) in [7, 11) is -0.774. The Balaban J connectivity index is 3.20. The fraction of sp³-hybridized carbons (Fsp3) is 0.714. The molecule has 0 saturated carbocycles. The molecule has 0 aromatic heterocycles. The summed E-state index contributed by atoms with van der Waals surface area (Å²) in [5, 5.41) is 0. The summed E-state index contributed by atoms with van der Waals surface area (Å²) in [6.45, 7) is 9.35. The molecule has 0 spiro atoms. The van der Waals surface area contributed by atoms with Gasteiger partial charge in [0.05, 0.1) is 6.61 Å². The van der Waals surface area contributed by atoms with E-state index in [-0.39, 0.29) is 0 Å². The SMILES string of the molecule is CC(C)=CCO[SiH](C)C. The molecule has 0 amide bonds. The van der Waals surface area contributed by atoms with Crippen molar-refractivity contribution < 1.29 is 4.43 Å². The van der Waals surface area contributed by atoms with Crippen LogP contribution in [-0.4, -0.2) is 15.6 Å². The average Bonchev–Trinajstić information content (AvgIpc) is 1.63. The van der Waals surface area contributed by atoms with Gasteiger partial charge in [-0.1, -0.05) is 11.6 Å². The molecule has 2 heteroatoms. The first-order chi connectivity index (χ1) is 4.13. The maximum absolute atomic E-state index is 5.42. The molecule has 0 rings (SSSR count). The van der Waals surface area contributed by atoms with E-state index in [0.717, 1.165) is 6.61 Å². The minimum absolute atomic E-state index is 0.774. The van der Waals surface area contributed by atoms with E-state index in [2.05, 4.69) is 33.0 Å². The van der Waals surface area contributed by atoms with Crippen LogP contribution in [0.2, 0.25) is 13.1 Å². The van der Waals surface area contributed by atoms with Crippen LogP contribution in [0.25, 0.3) is 0 Å². The van der Waals surface area contributed by atoms with Crippen molar-refractivity contribution in [3.8, 4) is 0 Å². The van der Waals surface area contributed by atoms with Crippen LogP contribution in [0.1, 0.15) is 13.8 Å². The molecule has 0 aromatic carbocycles. The third kappa shape index (κ3) is 7.92. The predicted molar refractivity (Wildman–Crippen MR) is 44.3 cm³/mol. The van der Waals surface area contributed by atoms with Crippen LogP contribution in [-0.2, 0) is 4.43 Å². The zero-order chi connectivity index (χ0) is 7.28. The van der Waals surface area contributed by atoms with Crippen LogP contribution in [0.4, 0.5) is 0 Å². The largest absolute Gasteiger partial charge is 0.417 e. The predicted octanol–water partition coefficient (Wildman–Crippen LogP) is 1.95. The van der Waals surface area contributed by atoms with Crippen molar-refractivity contribution in [2.24, 2.45) is 0 Å². The Bertz CT molecular complexity index is 93.1. The van der Waals surface area contributed by atoms with E-state index >= 15 is 0 Å². The highest BCUT2D eigenvalue weighted by molar-refractivity contribution is 6.48. The molecule has 0 unspecified atom stereocenters. The average molecular weight is 144 g/mol. The molecule has 0 aromatic rings. The van der Waals surface area contributed by atoms with E-state index in [9.17, 15) is 0 Å². The van der Waals surface area contributed by atoms with E-state index in [4.69, 9.17) is 4.43 Å². The molecule has 0 aliphatic carbocycles. The van der Waals surface area contributed by atoms with Crippen molar-refractivity contribution in [2.75, 3.05) is 6.61 Å². The Labute approximate surface area is 59.5 Å². The van der Waals surface area contributed by atoms with Crippen LogP contribution in [0, 0.1) is 0 Å². The first kappa shape index (κ1) is 8.92. The molecule has 0 heterocycles. The number of hydrogen-bond donors (Lipinski definition) is 0. The molecule has 54 valence electrons. The van der Waals surface area contributed by atoms with Gasteiger partial charge in [-0.15, -0.1) is 0 Å². The van der Waals surface area contributed by atoms with E-state index in [1.807, 2.05) is 0 Å². The summed E-state index contributed by atoms with van der Waals surface area (Å²) in [5.74, 6) is 0. The fourth-order valence-electron chi connectivity index (χ4n) is 0.407. The third-order valence-corrected chi connectivity index (χ3v) is 1.78. The monoisotopic (exact) mass is 144 g/mol. The second-order valence-electron chi connectivity index (χ2n) is 2.66. The highest BCUT2D eigenvalue weighted by Gasteiger charge is 1.90. The molecule has 0 saturated heterocycles. The number of hydrogen-bond acceptors (Lipinski definition) is 1. The quantitative estimate of drug-likeness (QED) is 0.434. The van der Waals surface area contributed by atoms with Crippen molar-refractivity contribution in [2.45, 2.75) is 26.9 Å². The molecule has 0 atom stereocenters. The lowest BCUT2D eigenvalue weighted by Crippen LogP contribution is -2.06. The second-order valence-corrected chi connectivity index (χ2v) is 5.09. The van der Waals surface area contributed by atoms with Crippen LogP contribution in [0.3, 0.4) is 0 Å². The lowest BCUT2D eigenvalue weighted by atomic mass is 10.3. The first-order valence-electron chi connectivity index (χ1n) is 3.38. The fourth-order valence-corrected chi connectivity index (χ4v) is 0.888. The van der Waals surface area contributed by atoms with Gasteiger partial charge in [0.25, 0.3) is 0 Å². The number of allylic oxidation sites excluding steroid dienone is 1. The van der Waals surface area contributed by atoms with Crippen molar-refractivity contribution in [1.82, 2.24) is 0 Å². The van der Waals surface area contributed by atoms with Gasteiger partial charge in [-0.05, 0) is 26.9 Å². The molecule has 1 nitrogen and oxygen atoms in total. The maximum atomic E-state index is 5.42. The molecule has 0 aliphatic heterocycles. The summed E-state index contributed by atoms with van der Waals surface area (Å²) < 4.78 is 5.42. The molecule has 0 aliphatic rings. The van der Waals surface area contributed by atoms with Gasteiger partial charge in [-0.3, -0.25) is 0 Å². The van der Waals surface area contributed by atoms with Gasteiger partial charge in [0.2, 0.25) is 0 Å². The summed E-state index contributed by atoms with van der Waals surface area (Å²) in [4.78, 5) is 0. The van der Waals surface area contributed by atoms with Crippen molar-refractivity contribution in [3.63, 3.8) is 0 Å². The van der Waals surface area contributed by atoms with E-state index < -0.39 is 9.04 Å². The minimum Gasteiger partial charge on any atom is -0.417 e. The van der Waals surface area contributed by atoms with Crippen LogP contribution < -0.4 is 0 Å². The number of rotatable bonds is 3. The Morgan fingerprint density at radius 1 is 1.44 bits per heavy atom. The van der Waals surface area contributed by atoms with Crippen molar-refractivity contribution >= 4 is 9.04 Å². The molecule has 0 fully saturated rings. The first-order valence-corrected chi connectivity index (χ1v) is 6.16. The minimum atomic E-state index is -0.774. The zero-order valence-corrected chi connectivity index (χ0v) is 7.92. The second kappa shape index (κ2) is 4.76. The Morgan fingerprint density at radius 2 is 2.00 bits per heavy atom. The lowest BCUT2D eigenvalue weighted by molar-refractivity contribution is 0.373. The van der Waals surface area contributed by atoms with Crippen LogP contribution in [0.15, 0.2) is 11.6 Å². The summed E-state index contributed by atoms with van der Waals surface area (Å²) >= 11 is 0. The van der Waals surface area contributed by atoms with E-state index in [1.165, 1.54) is 5.57 Å². The highest BCUT2D eigenvalue weighted by Crippen LogP contribution is 1.90. The standard InChI is InChI=1S/C7H16OSi/c1-7(2)5-6-8-9(3)4/h5,9H,6H2,1-4H3. The van der Waals surface area contributed by atoms with E-state index in [1.54, 1.807) is 0 Å². The van der Waals surface area contributed by atoms with Crippen LogP contribution >= 0.6 is 0 Å². The molecule has 0 N–H and O–H groups in total. The van der Waals surface area contributed by atoms with Crippen molar-refractivity contribution in [3.05, 3.63) is 11.6 Å². The summed E-state index contributed by atoms with van der Waals surface area (Å²) in [5.41, 5.74) is 1.34. The molecular formula is C7H16OSi. The van der Waals surface area contributed by atoms with Gasteiger partial charge >= 0.3 is 0 Å². The highest BCUT2D eigenvalue weighted by atomic mass is 28.3. The Kier molecular flexibility index (Phi) is 4.72. The maximum Gasteiger partial charge on any atom is 0.171 e.